The maximum absolute atomic E-state index is 13.0. The van der Waals surface area contributed by atoms with E-state index in [4.69, 9.17) is 14.0 Å². The molecule has 7 heteroatoms. The molecule has 162 valence electrons. The Kier molecular flexibility index (Phi) is 6.62. The quantitative estimate of drug-likeness (QED) is 0.575. The lowest BCUT2D eigenvalue weighted by molar-refractivity contribution is 0.00248. The average Bonchev–Trinajstić information content (AvgIpc) is 3.28. The van der Waals surface area contributed by atoms with E-state index in [-0.39, 0.29) is 12.0 Å². The fourth-order valence-corrected chi connectivity index (χ4v) is 3.80. The maximum Gasteiger partial charge on any atom is 0.257 e. The van der Waals surface area contributed by atoms with Crippen molar-refractivity contribution < 1.29 is 18.8 Å². The molecule has 3 aromatic rings. The van der Waals surface area contributed by atoms with Crippen LogP contribution in [0.25, 0.3) is 11.5 Å². The highest BCUT2D eigenvalue weighted by molar-refractivity contribution is 5.95. The number of carbonyl (C=O) groups excluding carboxylic acids is 1. The number of likely N-dealkylation sites (tertiary alicyclic amines) is 1. The number of aryl methyl sites for hydroxylation is 1. The number of ether oxygens (including phenoxy) is 2. The molecular formula is C24H27N3O4. The lowest BCUT2D eigenvalue weighted by Gasteiger charge is -2.33. The Morgan fingerprint density at radius 2 is 2.06 bits per heavy atom. The van der Waals surface area contributed by atoms with Crippen LogP contribution in [0.2, 0.25) is 0 Å². The van der Waals surface area contributed by atoms with Gasteiger partial charge in [-0.1, -0.05) is 23.4 Å². The number of rotatable bonds is 7. The Hall–Kier alpha value is -3.19. The van der Waals surface area contributed by atoms with Gasteiger partial charge in [0.25, 0.3) is 11.8 Å². The van der Waals surface area contributed by atoms with E-state index in [9.17, 15) is 4.79 Å². The van der Waals surface area contributed by atoms with Crippen LogP contribution in [-0.4, -0.2) is 53.9 Å². The van der Waals surface area contributed by atoms with Crippen LogP contribution in [0.5, 0.6) is 5.75 Å². The van der Waals surface area contributed by atoms with Gasteiger partial charge in [0.1, 0.15) is 5.75 Å². The minimum Gasteiger partial charge on any atom is -0.497 e. The number of methoxy groups -OCH3 is 1. The summed E-state index contributed by atoms with van der Waals surface area (Å²) in [5.41, 5.74) is 2.53. The molecule has 1 aromatic heterocycles. The monoisotopic (exact) mass is 421 g/mol. The first-order valence-electron chi connectivity index (χ1n) is 10.6. The molecule has 0 saturated carbocycles. The summed E-state index contributed by atoms with van der Waals surface area (Å²) < 4.78 is 16.6. The highest BCUT2D eigenvalue weighted by atomic mass is 16.5. The third-order valence-electron chi connectivity index (χ3n) is 5.50. The fourth-order valence-electron chi connectivity index (χ4n) is 3.80. The van der Waals surface area contributed by atoms with Crippen molar-refractivity contribution in [1.82, 2.24) is 15.0 Å². The van der Waals surface area contributed by atoms with E-state index in [0.29, 0.717) is 36.9 Å². The first-order chi connectivity index (χ1) is 15.1. The predicted molar refractivity (Wildman–Crippen MR) is 116 cm³/mol. The molecule has 2 heterocycles. The molecule has 1 atom stereocenters. The molecular weight excluding hydrogens is 394 g/mol. The molecule has 1 saturated heterocycles. The molecule has 1 aliphatic heterocycles. The van der Waals surface area contributed by atoms with E-state index in [2.05, 4.69) is 10.1 Å². The van der Waals surface area contributed by atoms with Crippen LogP contribution < -0.4 is 4.74 Å². The molecule has 4 rings (SSSR count). The highest BCUT2D eigenvalue weighted by Crippen LogP contribution is 2.22. The van der Waals surface area contributed by atoms with E-state index in [0.717, 1.165) is 36.3 Å². The number of amides is 1. The van der Waals surface area contributed by atoms with Gasteiger partial charge in [-0.05, 0) is 55.7 Å². The molecule has 1 amide bonds. The minimum absolute atomic E-state index is 0.0109. The largest absolute Gasteiger partial charge is 0.497 e. The molecule has 0 N–H and O–H groups in total. The molecule has 7 nitrogen and oxygen atoms in total. The number of benzene rings is 2. The van der Waals surface area contributed by atoms with Gasteiger partial charge >= 0.3 is 0 Å². The van der Waals surface area contributed by atoms with E-state index < -0.39 is 0 Å². The van der Waals surface area contributed by atoms with Crippen molar-refractivity contribution in [2.24, 2.45) is 0 Å². The third kappa shape index (κ3) is 5.11. The Balaban J connectivity index is 1.29. The molecule has 0 radical (unpaired) electrons. The lowest BCUT2D eigenvalue weighted by atomic mass is 10.0. The molecule has 0 bridgehead atoms. The number of nitrogens with zero attached hydrogens (tertiary/aromatic N) is 3. The first-order valence-corrected chi connectivity index (χ1v) is 10.6. The van der Waals surface area contributed by atoms with E-state index in [1.54, 1.807) is 7.11 Å². The normalized spacial score (nSPS) is 16.3. The second-order valence-electron chi connectivity index (χ2n) is 7.70. The van der Waals surface area contributed by atoms with Crippen LogP contribution >= 0.6 is 0 Å². The van der Waals surface area contributed by atoms with Crippen molar-refractivity contribution in [2.75, 3.05) is 26.8 Å². The van der Waals surface area contributed by atoms with Gasteiger partial charge in [-0.2, -0.15) is 4.98 Å². The lowest BCUT2D eigenvalue weighted by Crippen LogP contribution is -2.43. The Morgan fingerprint density at radius 3 is 2.84 bits per heavy atom. The smallest absolute Gasteiger partial charge is 0.257 e. The van der Waals surface area contributed by atoms with E-state index in [1.807, 2.05) is 60.4 Å². The fraction of sp³-hybridized carbons (Fsp3) is 0.375. The topological polar surface area (TPSA) is 77.7 Å². The molecule has 1 unspecified atom stereocenters. The standard InChI is InChI=1S/C24H27N3O4/c1-17-15-19(29-2)10-11-21(17)24(28)27-13-6-9-20(16-27)30-14-12-22-25-23(31-26-22)18-7-4-3-5-8-18/h3-5,7-8,10-11,15,20H,6,9,12-14,16H2,1-2H3. The van der Waals surface area contributed by atoms with Crippen LogP contribution in [0.1, 0.15) is 34.6 Å². The van der Waals surface area contributed by atoms with E-state index in [1.165, 1.54) is 0 Å². The number of hydrogen-bond acceptors (Lipinski definition) is 6. The van der Waals surface area contributed by atoms with Gasteiger partial charge in [-0.15, -0.1) is 0 Å². The number of carbonyl (C=O) groups is 1. The Labute approximate surface area is 182 Å². The highest BCUT2D eigenvalue weighted by Gasteiger charge is 2.26. The summed E-state index contributed by atoms with van der Waals surface area (Å²) in [6.07, 6.45) is 2.44. The summed E-state index contributed by atoms with van der Waals surface area (Å²) in [5, 5.41) is 4.04. The van der Waals surface area contributed by atoms with Crippen LogP contribution in [0.3, 0.4) is 0 Å². The first kappa shape index (κ1) is 21.1. The number of hydrogen-bond donors (Lipinski definition) is 0. The summed E-state index contributed by atoms with van der Waals surface area (Å²) in [7, 11) is 1.62. The van der Waals surface area contributed by atoms with Gasteiger partial charge in [0.05, 0.1) is 19.8 Å². The molecule has 0 aliphatic carbocycles. The second-order valence-corrected chi connectivity index (χ2v) is 7.70. The van der Waals surface area contributed by atoms with Gasteiger partial charge in [0.2, 0.25) is 0 Å². The summed E-state index contributed by atoms with van der Waals surface area (Å²) in [6, 6.07) is 15.2. The van der Waals surface area contributed by atoms with Gasteiger partial charge in [0.15, 0.2) is 5.82 Å². The zero-order chi connectivity index (χ0) is 21.6. The summed E-state index contributed by atoms with van der Waals surface area (Å²) >= 11 is 0. The van der Waals surface area contributed by atoms with Crippen molar-refractivity contribution in [3.05, 3.63) is 65.5 Å². The van der Waals surface area contributed by atoms with Gasteiger partial charge in [-0.3, -0.25) is 4.79 Å². The zero-order valence-corrected chi connectivity index (χ0v) is 17.9. The minimum atomic E-state index is 0.0109. The third-order valence-corrected chi connectivity index (χ3v) is 5.50. The van der Waals surface area contributed by atoms with Crippen LogP contribution in [0.4, 0.5) is 0 Å². The summed E-state index contributed by atoms with van der Waals surface area (Å²) in [6.45, 7) is 3.76. The van der Waals surface area contributed by atoms with Crippen molar-refractivity contribution in [1.29, 1.82) is 0 Å². The zero-order valence-electron chi connectivity index (χ0n) is 17.9. The Morgan fingerprint density at radius 1 is 1.23 bits per heavy atom. The average molecular weight is 421 g/mol. The summed E-state index contributed by atoms with van der Waals surface area (Å²) in [4.78, 5) is 19.3. The van der Waals surface area contributed by atoms with Gasteiger partial charge < -0.3 is 18.9 Å². The maximum atomic E-state index is 13.0. The van der Waals surface area contributed by atoms with Crippen LogP contribution in [0.15, 0.2) is 53.1 Å². The summed E-state index contributed by atoms with van der Waals surface area (Å²) in [5.74, 6) is 1.93. The van der Waals surface area contributed by atoms with Crippen LogP contribution in [-0.2, 0) is 11.2 Å². The van der Waals surface area contributed by atoms with E-state index >= 15 is 0 Å². The van der Waals surface area contributed by atoms with Crippen LogP contribution in [0, 0.1) is 6.92 Å². The molecule has 1 aliphatic rings. The van der Waals surface area contributed by atoms with Gasteiger partial charge in [0, 0.05) is 30.6 Å². The molecule has 2 aromatic carbocycles. The van der Waals surface area contributed by atoms with Crippen molar-refractivity contribution >= 4 is 5.91 Å². The van der Waals surface area contributed by atoms with Crippen molar-refractivity contribution in [2.45, 2.75) is 32.3 Å². The number of aromatic nitrogens is 2. The van der Waals surface area contributed by atoms with Crippen molar-refractivity contribution in [3.8, 4) is 17.2 Å². The predicted octanol–water partition coefficient (Wildman–Crippen LogP) is 3.92. The molecule has 31 heavy (non-hydrogen) atoms. The number of piperidine rings is 1. The molecule has 0 spiro atoms. The van der Waals surface area contributed by atoms with Gasteiger partial charge in [-0.25, -0.2) is 0 Å². The van der Waals surface area contributed by atoms with Crippen molar-refractivity contribution in [3.63, 3.8) is 0 Å². The SMILES string of the molecule is COc1ccc(C(=O)N2CCCC(OCCc3noc(-c4ccccc4)n3)C2)c(C)c1. The second kappa shape index (κ2) is 9.75. The Bertz CT molecular complexity index is 1020. The molecule has 1 fully saturated rings.